The van der Waals surface area contributed by atoms with E-state index in [0.29, 0.717) is 23.4 Å². The van der Waals surface area contributed by atoms with Crippen LogP contribution in [0.5, 0.6) is 0 Å². The Hall–Kier alpha value is -1.07. The summed E-state index contributed by atoms with van der Waals surface area (Å²) in [6.45, 7) is 0. The highest BCUT2D eigenvalue weighted by Crippen LogP contribution is 2.50. The fourth-order valence-corrected chi connectivity index (χ4v) is 3.06. The van der Waals surface area contributed by atoms with Crippen molar-refractivity contribution < 1.29 is 18.3 Å². The first-order valence-corrected chi connectivity index (χ1v) is 7.28. The summed E-state index contributed by atoms with van der Waals surface area (Å²) in [5, 5.41) is 9.55. The predicted molar refractivity (Wildman–Crippen MR) is 63.1 cm³/mol. The van der Waals surface area contributed by atoms with Crippen LogP contribution in [0.15, 0.2) is 23.1 Å². The van der Waals surface area contributed by atoms with Gasteiger partial charge in [-0.1, -0.05) is 11.6 Å². The van der Waals surface area contributed by atoms with Crippen molar-refractivity contribution in [1.82, 2.24) is 0 Å². The van der Waals surface area contributed by atoms with Crippen LogP contribution in [0.1, 0.15) is 18.4 Å². The average molecular weight is 275 g/mol. The summed E-state index contributed by atoms with van der Waals surface area (Å²) in [7, 11) is -3.45. The summed E-state index contributed by atoms with van der Waals surface area (Å²) < 4.78 is 23.3. The van der Waals surface area contributed by atoms with Crippen LogP contribution in [-0.4, -0.2) is 25.7 Å². The number of benzene rings is 1. The second-order valence-corrected chi connectivity index (χ2v) is 6.72. The van der Waals surface area contributed by atoms with E-state index in [0.717, 1.165) is 6.26 Å². The number of aliphatic carboxylic acids is 1. The van der Waals surface area contributed by atoms with Crippen LogP contribution >= 0.6 is 11.6 Å². The first-order valence-electron chi connectivity index (χ1n) is 5.01. The van der Waals surface area contributed by atoms with Crippen LogP contribution in [0.3, 0.4) is 0 Å². The third-order valence-corrected chi connectivity index (χ3v) is 4.41. The molecule has 0 aliphatic heterocycles. The van der Waals surface area contributed by atoms with E-state index in [4.69, 9.17) is 11.6 Å². The van der Waals surface area contributed by atoms with Crippen molar-refractivity contribution in [3.8, 4) is 0 Å². The molecule has 0 aromatic heterocycles. The van der Waals surface area contributed by atoms with Crippen molar-refractivity contribution in [3.05, 3.63) is 28.8 Å². The van der Waals surface area contributed by atoms with Gasteiger partial charge in [0.25, 0.3) is 0 Å². The molecule has 0 unspecified atom stereocenters. The zero-order chi connectivity index (χ0) is 12.8. The second kappa shape index (κ2) is 3.71. The van der Waals surface area contributed by atoms with E-state index in [-0.39, 0.29) is 4.90 Å². The zero-order valence-electron chi connectivity index (χ0n) is 9.10. The van der Waals surface area contributed by atoms with E-state index < -0.39 is 21.2 Å². The molecule has 1 N–H and O–H groups in total. The Kier molecular flexibility index (Phi) is 2.71. The molecule has 1 aromatic carbocycles. The smallest absolute Gasteiger partial charge is 0.314 e. The highest BCUT2D eigenvalue weighted by Gasteiger charge is 2.53. The molecule has 0 saturated heterocycles. The molecule has 2 rings (SSSR count). The van der Waals surface area contributed by atoms with Gasteiger partial charge in [0.1, 0.15) is 0 Å². The Morgan fingerprint density at radius 3 is 2.41 bits per heavy atom. The molecule has 0 amide bonds. The minimum absolute atomic E-state index is 0.0572. The van der Waals surface area contributed by atoms with E-state index in [1.54, 1.807) is 0 Å². The van der Waals surface area contributed by atoms with Crippen molar-refractivity contribution in [2.75, 3.05) is 6.26 Å². The standard InChI is InChI=1S/C11H11ClO4S/c1-17(15,16)9-3-2-7(12)6-8(9)11(4-5-11)10(13)14/h2-3,6H,4-5H2,1H3,(H,13,14). The maximum atomic E-state index is 11.6. The lowest BCUT2D eigenvalue weighted by molar-refractivity contribution is -0.140. The lowest BCUT2D eigenvalue weighted by atomic mass is 9.96. The van der Waals surface area contributed by atoms with Crippen LogP contribution in [0.2, 0.25) is 5.02 Å². The summed E-state index contributed by atoms with van der Waals surface area (Å²) in [5.74, 6) is -0.996. The summed E-state index contributed by atoms with van der Waals surface area (Å²) in [6.07, 6.45) is 1.97. The minimum Gasteiger partial charge on any atom is -0.481 e. The molecule has 0 radical (unpaired) electrons. The lowest BCUT2D eigenvalue weighted by Gasteiger charge is -2.14. The number of hydrogen-bond donors (Lipinski definition) is 1. The third-order valence-electron chi connectivity index (χ3n) is 3.02. The van der Waals surface area contributed by atoms with Gasteiger partial charge in [0.05, 0.1) is 10.3 Å². The van der Waals surface area contributed by atoms with Gasteiger partial charge in [-0.15, -0.1) is 0 Å². The van der Waals surface area contributed by atoms with Crippen LogP contribution in [0.4, 0.5) is 0 Å². The maximum Gasteiger partial charge on any atom is 0.314 e. The molecule has 0 heterocycles. The van der Waals surface area contributed by atoms with Gasteiger partial charge in [-0.3, -0.25) is 4.79 Å². The van der Waals surface area contributed by atoms with Crippen molar-refractivity contribution in [1.29, 1.82) is 0 Å². The molecule has 1 aromatic rings. The number of carboxylic acids is 1. The van der Waals surface area contributed by atoms with E-state index >= 15 is 0 Å². The SMILES string of the molecule is CS(=O)(=O)c1ccc(Cl)cc1C1(C(=O)O)CC1. The van der Waals surface area contributed by atoms with Gasteiger partial charge in [0.15, 0.2) is 9.84 Å². The molecule has 1 saturated carbocycles. The molecule has 0 bridgehead atoms. The Bertz CT molecular complexity index is 587. The normalized spacial score (nSPS) is 17.8. The van der Waals surface area contributed by atoms with E-state index in [9.17, 15) is 18.3 Å². The molecular weight excluding hydrogens is 264 g/mol. The molecule has 17 heavy (non-hydrogen) atoms. The Morgan fingerprint density at radius 2 is 2.00 bits per heavy atom. The minimum atomic E-state index is -3.45. The van der Waals surface area contributed by atoms with Crippen LogP contribution < -0.4 is 0 Å². The third kappa shape index (κ3) is 2.05. The van der Waals surface area contributed by atoms with Crippen LogP contribution in [-0.2, 0) is 20.0 Å². The maximum absolute atomic E-state index is 11.6. The van der Waals surface area contributed by atoms with Crippen molar-refractivity contribution in [2.45, 2.75) is 23.2 Å². The van der Waals surface area contributed by atoms with Gasteiger partial charge in [-0.25, -0.2) is 8.42 Å². The molecule has 92 valence electrons. The van der Waals surface area contributed by atoms with Gasteiger partial charge >= 0.3 is 5.97 Å². The largest absolute Gasteiger partial charge is 0.481 e. The molecule has 1 aliphatic carbocycles. The fourth-order valence-electron chi connectivity index (χ4n) is 1.92. The molecule has 6 heteroatoms. The number of sulfone groups is 1. The number of rotatable bonds is 3. The quantitative estimate of drug-likeness (QED) is 0.913. The first-order chi connectivity index (χ1) is 7.77. The second-order valence-electron chi connectivity index (χ2n) is 4.30. The molecule has 0 atom stereocenters. The summed E-state index contributed by atoms with van der Waals surface area (Å²) in [5.41, 5.74) is -0.761. The highest BCUT2D eigenvalue weighted by atomic mass is 35.5. The number of carboxylic acid groups (broad SMARTS) is 1. The van der Waals surface area contributed by atoms with Gasteiger partial charge in [-0.05, 0) is 36.6 Å². The highest BCUT2D eigenvalue weighted by molar-refractivity contribution is 7.90. The summed E-state index contributed by atoms with van der Waals surface area (Å²) in [6, 6.07) is 4.27. The van der Waals surface area contributed by atoms with E-state index in [1.807, 2.05) is 0 Å². The summed E-state index contributed by atoms with van der Waals surface area (Å²) >= 11 is 5.82. The van der Waals surface area contributed by atoms with E-state index in [1.165, 1.54) is 18.2 Å². The molecular formula is C11H11ClO4S. The van der Waals surface area contributed by atoms with Gasteiger partial charge in [0.2, 0.25) is 0 Å². The zero-order valence-corrected chi connectivity index (χ0v) is 10.7. The van der Waals surface area contributed by atoms with E-state index in [2.05, 4.69) is 0 Å². The lowest BCUT2D eigenvalue weighted by Crippen LogP contribution is -2.22. The van der Waals surface area contributed by atoms with Gasteiger partial charge < -0.3 is 5.11 Å². The van der Waals surface area contributed by atoms with Crippen LogP contribution in [0, 0.1) is 0 Å². The van der Waals surface area contributed by atoms with Gasteiger partial charge in [0, 0.05) is 11.3 Å². The van der Waals surface area contributed by atoms with Crippen LogP contribution in [0.25, 0.3) is 0 Å². The average Bonchev–Trinajstić information content (AvgIpc) is 2.95. The monoisotopic (exact) mass is 274 g/mol. The van der Waals surface area contributed by atoms with Crippen molar-refractivity contribution in [2.24, 2.45) is 0 Å². The van der Waals surface area contributed by atoms with Crippen molar-refractivity contribution >= 4 is 27.4 Å². The number of hydrogen-bond acceptors (Lipinski definition) is 3. The Labute approximate surface area is 104 Å². The fraction of sp³-hybridized carbons (Fsp3) is 0.364. The molecule has 0 spiro atoms. The number of halogens is 1. The Morgan fingerprint density at radius 1 is 1.41 bits per heavy atom. The number of carbonyl (C=O) groups is 1. The molecule has 1 fully saturated rings. The first kappa shape index (κ1) is 12.4. The predicted octanol–water partition coefficient (Wildman–Crippen LogP) is 1.86. The van der Waals surface area contributed by atoms with Crippen molar-refractivity contribution in [3.63, 3.8) is 0 Å². The van der Waals surface area contributed by atoms with Gasteiger partial charge in [-0.2, -0.15) is 0 Å². The molecule has 4 nitrogen and oxygen atoms in total. The topological polar surface area (TPSA) is 71.4 Å². The summed E-state index contributed by atoms with van der Waals surface area (Å²) in [4.78, 5) is 11.3. The molecule has 1 aliphatic rings. The Balaban J connectivity index is 2.69.